The van der Waals surface area contributed by atoms with Crippen molar-refractivity contribution in [2.75, 3.05) is 26.1 Å². The van der Waals surface area contributed by atoms with Gasteiger partial charge in [0.2, 0.25) is 5.91 Å². The van der Waals surface area contributed by atoms with Crippen LogP contribution in [0.5, 0.6) is 11.5 Å². The largest absolute Gasteiger partial charge is 0.497 e. The van der Waals surface area contributed by atoms with E-state index in [1.807, 2.05) is 0 Å². The Morgan fingerprint density at radius 1 is 1.30 bits per heavy atom. The molecular weight excluding hydrogens is 256 g/mol. The quantitative estimate of drug-likeness (QED) is 0.837. The third kappa shape index (κ3) is 4.13. The van der Waals surface area contributed by atoms with Crippen LogP contribution >= 0.6 is 0 Å². The van der Waals surface area contributed by atoms with Crippen molar-refractivity contribution < 1.29 is 14.3 Å². The Balaban J connectivity index is 1.89. The molecule has 20 heavy (non-hydrogen) atoms. The van der Waals surface area contributed by atoms with Gasteiger partial charge in [0.05, 0.1) is 14.2 Å². The Bertz CT molecular complexity index is 434. The van der Waals surface area contributed by atoms with Crippen LogP contribution in [0.15, 0.2) is 18.2 Å². The van der Waals surface area contributed by atoms with Gasteiger partial charge in [-0.15, -0.1) is 0 Å². The zero-order valence-corrected chi connectivity index (χ0v) is 12.1. The highest BCUT2D eigenvalue weighted by molar-refractivity contribution is 5.91. The molecule has 1 aromatic rings. The molecule has 1 aromatic carbocycles. The molecule has 0 aliphatic carbocycles. The molecule has 110 valence electrons. The molecule has 2 N–H and O–H groups in total. The zero-order valence-electron chi connectivity index (χ0n) is 12.1. The van der Waals surface area contributed by atoms with E-state index in [0.29, 0.717) is 29.6 Å². The van der Waals surface area contributed by atoms with Gasteiger partial charge in [-0.2, -0.15) is 0 Å². The molecule has 0 radical (unpaired) electrons. The summed E-state index contributed by atoms with van der Waals surface area (Å²) in [5.41, 5.74) is 0.700. The van der Waals surface area contributed by atoms with Crippen molar-refractivity contribution in [1.29, 1.82) is 0 Å². The predicted molar refractivity (Wildman–Crippen MR) is 78.4 cm³/mol. The van der Waals surface area contributed by atoms with Crippen molar-refractivity contribution >= 4 is 11.6 Å². The fraction of sp³-hybridized carbons (Fsp3) is 0.533. The topological polar surface area (TPSA) is 59.6 Å². The zero-order chi connectivity index (χ0) is 14.4. The summed E-state index contributed by atoms with van der Waals surface area (Å²) in [4.78, 5) is 11.9. The fourth-order valence-electron chi connectivity index (χ4n) is 2.41. The summed E-state index contributed by atoms with van der Waals surface area (Å²) in [5, 5.41) is 6.28. The number of benzene rings is 1. The third-order valence-electron chi connectivity index (χ3n) is 3.52. The van der Waals surface area contributed by atoms with E-state index >= 15 is 0 Å². The lowest BCUT2D eigenvalue weighted by Gasteiger charge is -2.12. The molecule has 1 heterocycles. The molecule has 0 spiro atoms. The molecule has 0 aromatic heterocycles. The van der Waals surface area contributed by atoms with Crippen LogP contribution < -0.4 is 20.1 Å². The molecule has 1 saturated heterocycles. The number of carbonyl (C=O) groups is 1. The highest BCUT2D eigenvalue weighted by Gasteiger charge is 2.15. The fourth-order valence-corrected chi connectivity index (χ4v) is 2.41. The van der Waals surface area contributed by atoms with Crippen molar-refractivity contribution in [1.82, 2.24) is 5.32 Å². The first kappa shape index (κ1) is 14.7. The Morgan fingerprint density at radius 3 is 2.55 bits per heavy atom. The second kappa shape index (κ2) is 7.14. The number of anilines is 1. The minimum Gasteiger partial charge on any atom is -0.497 e. The maximum atomic E-state index is 11.9. The highest BCUT2D eigenvalue weighted by Crippen LogP contribution is 2.26. The van der Waals surface area contributed by atoms with Crippen LogP contribution in [-0.4, -0.2) is 32.7 Å². The number of amides is 1. The molecule has 2 rings (SSSR count). The van der Waals surface area contributed by atoms with E-state index < -0.39 is 0 Å². The van der Waals surface area contributed by atoms with Gasteiger partial charge in [0, 0.05) is 36.3 Å². The van der Waals surface area contributed by atoms with Gasteiger partial charge >= 0.3 is 0 Å². The van der Waals surface area contributed by atoms with E-state index in [2.05, 4.69) is 10.6 Å². The SMILES string of the molecule is COc1cc(NC(=O)CCC2CCCN2)cc(OC)c1. The molecule has 1 aliphatic heterocycles. The van der Waals surface area contributed by atoms with Crippen LogP contribution in [0.3, 0.4) is 0 Å². The normalized spacial score (nSPS) is 17.8. The number of hydrogen-bond donors (Lipinski definition) is 2. The number of nitrogens with one attached hydrogen (secondary N) is 2. The minimum absolute atomic E-state index is 0.0222. The van der Waals surface area contributed by atoms with Gasteiger partial charge in [-0.3, -0.25) is 4.79 Å². The van der Waals surface area contributed by atoms with Crippen molar-refractivity contribution in [2.24, 2.45) is 0 Å². The molecule has 5 nitrogen and oxygen atoms in total. The van der Waals surface area contributed by atoms with Crippen molar-refractivity contribution in [2.45, 2.75) is 31.7 Å². The predicted octanol–water partition coefficient (Wildman–Crippen LogP) is 2.17. The first-order chi connectivity index (χ1) is 9.71. The second-order valence-corrected chi connectivity index (χ2v) is 4.98. The van der Waals surface area contributed by atoms with E-state index in [-0.39, 0.29) is 5.91 Å². The van der Waals surface area contributed by atoms with Crippen LogP contribution in [0.2, 0.25) is 0 Å². The molecule has 1 aliphatic rings. The summed E-state index contributed by atoms with van der Waals surface area (Å²) >= 11 is 0. The average molecular weight is 278 g/mol. The maximum Gasteiger partial charge on any atom is 0.224 e. The molecule has 1 unspecified atom stereocenters. The van der Waals surface area contributed by atoms with Crippen LogP contribution in [-0.2, 0) is 4.79 Å². The summed E-state index contributed by atoms with van der Waals surface area (Å²) in [6.07, 6.45) is 3.78. The summed E-state index contributed by atoms with van der Waals surface area (Å²) in [7, 11) is 3.18. The number of rotatable bonds is 6. The number of ether oxygens (including phenoxy) is 2. The lowest BCUT2D eigenvalue weighted by atomic mass is 10.1. The minimum atomic E-state index is 0.0222. The number of hydrogen-bond acceptors (Lipinski definition) is 4. The molecular formula is C15H22N2O3. The molecule has 1 amide bonds. The Kier molecular flexibility index (Phi) is 5.24. The van der Waals surface area contributed by atoms with Gasteiger partial charge in [-0.1, -0.05) is 0 Å². The van der Waals surface area contributed by atoms with Gasteiger partial charge < -0.3 is 20.1 Å². The number of methoxy groups -OCH3 is 2. The summed E-state index contributed by atoms with van der Waals surface area (Å²) < 4.78 is 10.4. The maximum absolute atomic E-state index is 11.9. The standard InChI is InChI=1S/C15H22N2O3/c1-19-13-8-12(9-14(10-13)20-2)17-15(18)6-5-11-4-3-7-16-11/h8-11,16H,3-7H2,1-2H3,(H,17,18). The van der Waals surface area contributed by atoms with Gasteiger partial charge in [-0.25, -0.2) is 0 Å². The van der Waals surface area contributed by atoms with Gasteiger partial charge in [0.25, 0.3) is 0 Å². The molecule has 1 fully saturated rings. The Morgan fingerprint density at radius 2 is 2.00 bits per heavy atom. The van der Waals surface area contributed by atoms with E-state index in [0.717, 1.165) is 13.0 Å². The average Bonchev–Trinajstić information content (AvgIpc) is 2.98. The van der Waals surface area contributed by atoms with Crippen LogP contribution in [0.1, 0.15) is 25.7 Å². The first-order valence-corrected chi connectivity index (χ1v) is 6.97. The second-order valence-electron chi connectivity index (χ2n) is 4.98. The van der Waals surface area contributed by atoms with Crippen molar-refractivity contribution in [3.63, 3.8) is 0 Å². The van der Waals surface area contributed by atoms with Crippen LogP contribution in [0.25, 0.3) is 0 Å². The van der Waals surface area contributed by atoms with E-state index in [9.17, 15) is 4.79 Å². The Labute approximate surface area is 119 Å². The first-order valence-electron chi connectivity index (χ1n) is 6.97. The van der Waals surface area contributed by atoms with E-state index in [1.54, 1.807) is 32.4 Å². The molecule has 1 atom stereocenters. The number of carbonyl (C=O) groups excluding carboxylic acids is 1. The molecule has 5 heteroatoms. The summed E-state index contributed by atoms with van der Waals surface area (Å²) in [5.74, 6) is 1.35. The van der Waals surface area contributed by atoms with Crippen molar-refractivity contribution in [3.8, 4) is 11.5 Å². The molecule has 0 bridgehead atoms. The molecule has 0 saturated carbocycles. The lowest BCUT2D eigenvalue weighted by Crippen LogP contribution is -2.23. The summed E-state index contributed by atoms with van der Waals surface area (Å²) in [6, 6.07) is 5.83. The lowest BCUT2D eigenvalue weighted by molar-refractivity contribution is -0.116. The van der Waals surface area contributed by atoms with E-state index in [4.69, 9.17) is 9.47 Å². The van der Waals surface area contributed by atoms with Crippen molar-refractivity contribution in [3.05, 3.63) is 18.2 Å². The smallest absolute Gasteiger partial charge is 0.224 e. The van der Waals surface area contributed by atoms with Gasteiger partial charge in [-0.05, 0) is 25.8 Å². The van der Waals surface area contributed by atoms with Crippen LogP contribution in [0.4, 0.5) is 5.69 Å². The Hall–Kier alpha value is -1.75. The summed E-state index contributed by atoms with van der Waals surface area (Å²) in [6.45, 7) is 1.07. The van der Waals surface area contributed by atoms with Crippen LogP contribution in [0, 0.1) is 0 Å². The van der Waals surface area contributed by atoms with E-state index in [1.165, 1.54) is 12.8 Å². The van der Waals surface area contributed by atoms with Gasteiger partial charge in [0.15, 0.2) is 0 Å². The van der Waals surface area contributed by atoms with Gasteiger partial charge in [0.1, 0.15) is 11.5 Å². The highest BCUT2D eigenvalue weighted by atomic mass is 16.5. The monoisotopic (exact) mass is 278 g/mol. The third-order valence-corrected chi connectivity index (χ3v) is 3.52.